The molecule has 8 heteroatoms. The van der Waals surface area contributed by atoms with Gasteiger partial charge in [0.05, 0.1) is 7.11 Å². The van der Waals surface area contributed by atoms with E-state index in [0.29, 0.717) is 24.1 Å². The lowest BCUT2D eigenvalue weighted by atomic mass is 10.1. The first-order valence-electron chi connectivity index (χ1n) is 9.16. The molecule has 0 aliphatic carbocycles. The monoisotopic (exact) mass is 404 g/mol. The average molecular weight is 404 g/mol. The topological polar surface area (TPSA) is 59.1 Å². The highest BCUT2D eigenvalue weighted by molar-refractivity contribution is 5.97. The molecule has 0 atom stereocenters. The molecule has 0 unspecified atom stereocenters. The van der Waals surface area contributed by atoms with E-state index in [-0.39, 0.29) is 29.9 Å². The minimum Gasteiger partial charge on any atom is -0.493 e. The number of ether oxygens (including phenoxy) is 2. The van der Waals surface area contributed by atoms with Gasteiger partial charge in [0.1, 0.15) is 0 Å². The summed E-state index contributed by atoms with van der Waals surface area (Å²) < 4.78 is 34.4. The Balaban J connectivity index is 1.68. The Hall–Kier alpha value is -3.16. The number of alkyl halides is 2. The Morgan fingerprint density at radius 1 is 1.17 bits per heavy atom. The first-order chi connectivity index (χ1) is 13.9. The van der Waals surface area contributed by atoms with Crippen LogP contribution in [0.25, 0.3) is 0 Å². The molecule has 1 heterocycles. The molecule has 0 saturated carbocycles. The largest absolute Gasteiger partial charge is 0.493 e. The van der Waals surface area contributed by atoms with Crippen molar-refractivity contribution in [1.29, 1.82) is 0 Å². The van der Waals surface area contributed by atoms with Gasteiger partial charge in [0.25, 0.3) is 5.91 Å². The number of benzene rings is 2. The molecule has 29 heavy (non-hydrogen) atoms. The molecule has 0 aromatic heterocycles. The Bertz CT molecular complexity index is 887. The second-order valence-corrected chi connectivity index (χ2v) is 6.72. The van der Waals surface area contributed by atoms with Crippen LogP contribution >= 0.6 is 0 Å². The van der Waals surface area contributed by atoms with Crippen LogP contribution in [0.1, 0.15) is 28.8 Å². The zero-order chi connectivity index (χ0) is 21.0. The summed E-state index contributed by atoms with van der Waals surface area (Å²) in [6.45, 7) is -1.99. The fourth-order valence-corrected chi connectivity index (χ4v) is 3.27. The number of hydrogen-bond donors (Lipinski definition) is 0. The van der Waals surface area contributed by atoms with E-state index in [1.807, 2.05) is 0 Å². The van der Waals surface area contributed by atoms with Crippen molar-refractivity contribution in [3.05, 3.63) is 53.6 Å². The van der Waals surface area contributed by atoms with E-state index in [1.165, 1.54) is 18.1 Å². The summed E-state index contributed by atoms with van der Waals surface area (Å²) in [5, 5.41) is 0. The van der Waals surface area contributed by atoms with Crippen LogP contribution in [-0.4, -0.2) is 44.0 Å². The predicted molar refractivity (Wildman–Crippen MR) is 103 cm³/mol. The molecule has 2 aromatic carbocycles. The Labute approximate surface area is 167 Å². The molecule has 0 bridgehead atoms. The van der Waals surface area contributed by atoms with Crippen molar-refractivity contribution in [1.82, 2.24) is 4.90 Å². The van der Waals surface area contributed by atoms with Crippen LogP contribution < -0.4 is 14.4 Å². The van der Waals surface area contributed by atoms with Crippen LogP contribution in [0.5, 0.6) is 11.5 Å². The minimum absolute atomic E-state index is 0.0627. The normalized spacial score (nSPS) is 13.7. The van der Waals surface area contributed by atoms with Crippen molar-refractivity contribution in [2.75, 3.05) is 25.6 Å². The van der Waals surface area contributed by atoms with Crippen LogP contribution in [0, 0.1) is 0 Å². The highest BCUT2D eigenvalue weighted by Gasteiger charge is 2.22. The molecule has 154 valence electrons. The third-order valence-corrected chi connectivity index (χ3v) is 4.71. The van der Waals surface area contributed by atoms with Crippen molar-refractivity contribution < 1.29 is 27.8 Å². The zero-order valence-corrected chi connectivity index (χ0v) is 16.2. The number of amides is 2. The summed E-state index contributed by atoms with van der Waals surface area (Å²) in [4.78, 5) is 27.8. The van der Waals surface area contributed by atoms with Crippen LogP contribution in [0.2, 0.25) is 0 Å². The summed E-state index contributed by atoms with van der Waals surface area (Å²) in [7, 11) is 3.01. The molecule has 1 aliphatic rings. The molecule has 0 spiro atoms. The predicted octanol–water partition coefficient (Wildman–Crippen LogP) is 3.70. The molecule has 6 nitrogen and oxygen atoms in total. The first kappa shape index (κ1) is 20.6. The van der Waals surface area contributed by atoms with Crippen LogP contribution in [0.3, 0.4) is 0 Å². The van der Waals surface area contributed by atoms with Gasteiger partial charge in [-0.15, -0.1) is 0 Å². The summed E-state index contributed by atoms with van der Waals surface area (Å²) in [5.41, 5.74) is 1.98. The Morgan fingerprint density at radius 3 is 2.48 bits per heavy atom. The van der Waals surface area contributed by atoms with Crippen molar-refractivity contribution in [3.8, 4) is 11.5 Å². The first-order valence-corrected chi connectivity index (χ1v) is 9.16. The minimum atomic E-state index is -2.95. The van der Waals surface area contributed by atoms with Gasteiger partial charge in [0.15, 0.2) is 11.5 Å². The number of nitrogens with zero attached hydrogens (tertiary/aromatic N) is 2. The van der Waals surface area contributed by atoms with Crippen molar-refractivity contribution in [2.24, 2.45) is 0 Å². The number of rotatable bonds is 7. The van der Waals surface area contributed by atoms with Gasteiger partial charge in [0, 0.05) is 37.8 Å². The molecule has 0 radical (unpaired) electrons. The maximum Gasteiger partial charge on any atom is 0.387 e. The maximum atomic E-state index is 12.7. The van der Waals surface area contributed by atoms with Gasteiger partial charge in [-0.25, -0.2) is 0 Å². The summed E-state index contributed by atoms with van der Waals surface area (Å²) in [5.74, 6) is 0.00106. The molecule has 1 saturated heterocycles. The van der Waals surface area contributed by atoms with Gasteiger partial charge < -0.3 is 19.3 Å². The number of anilines is 1. The zero-order valence-electron chi connectivity index (χ0n) is 16.2. The van der Waals surface area contributed by atoms with E-state index >= 15 is 0 Å². The molecular formula is C21H22F2N2O4. The Kier molecular flexibility index (Phi) is 6.31. The average Bonchev–Trinajstić information content (AvgIpc) is 3.14. The van der Waals surface area contributed by atoms with E-state index in [0.717, 1.165) is 12.1 Å². The standard InChI is InChI=1S/C21H22F2N2O4/c1-24(13-14-5-10-17(29-21(22)23)18(12-14)28-2)20(27)15-6-8-16(9-7-15)25-11-3-4-19(25)26/h5-10,12,21H,3-4,11,13H2,1-2H3. The molecule has 2 aromatic rings. The molecule has 1 aliphatic heterocycles. The molecule has 2 amide bonds. The lowest BCUT2D eigenvalue weighted by molar-refractivity contribution is -0.117. The lowest BCUT2D eigenvalue weighted by Gasteiger charge is -2.20. The Morgan fingerprint density at radius 2 is 1.90 bits per heavy atom. The number of methoxy groups -OCH3 is 1. The summed E-state index contributed by atoms with van der Waals surface area (Å²) in [6.07, 6.45) is 1.39. The van der Waals surface area contributed by atoms with Gasteiger partial charge in [-0.2, -0.15) is 8.78 Å². The molecule has 1 fully saturated rings. The van der Waals surface area contributed by atoms with Gasteiger partial charge in [-0.1, -0.05) is 6.07 Å². The highest BCUT2D eigenvalue weighted by atomic mass is 19.3. The summed E-state index contributed by atoms with van der Waals surface area (Å²) >= 11 is 0. The van der Waals surface area contributed by atoms with Crippen molar-refractivity contribution >= 4 is 17.5 Å². The van der Waals surface area contributed by atoms with Crippen LogP contribution in [-0.2, 0) is 11.3 Å². The van der Waals surface area contributed by atoms with Crippen LogP contribution in [0.15, 0.2) is 42.5 Å². The van der Waals surface area contributed by atoms with Crippen LogP contribution in [0.4, 0.5) is 14.5 Å². The fraction of sp³-hybridized carbons (Fsp3) is 0.333. The van der Waals surface area contributed by atoms with Crippen molar-refractivity contribution in [2.45, 2.75) is 26.0 Å². The van der Waals surface area contributed by atoms with Gasteiger partial charge in [-0.05, 0) is 48.4 Å². The number of carbonyl (C=O) groups is 2. The molecule has 3 rings (SSSR count). The second kappa shape index (κ2) is 8.89. The smallest absolute Gasteiger partial charge is 0.387 e. The third-order valence-electron chi connectivity index (χ3n) is 4.71. The van der Waals surface area contributed by atoms with E-state index in [2.05, 4.69) is 4.74 Å². The SMILES string of the molecule is COc1cc(CN(C)C(=O)c2ccc(N3CCCC3=O)cc2)ccc1OC(F)F. The van der Waals surface area contributed by atoms with E-state index in [1.54, 1.807) is 48.3 Å². The quantitative estimate of drug-likeness (QED) is 0.706. The van der Waals surface area contributed by atoms with E-state index in [4.69, 9.17) is 4.74 Å². The maximum absolute atomic E-state index is 12.7. The summed E-state index contributed by atoms with van der Waals surface area (Å²) in [6, 6.07) is 11.5. The van der Waals surface area contributed by atoms with E-state index < -0.39 is 6.61 Å². The lowest BCUT2D eigenvalue weighted by Crippen LogP contribution is -2.27. The molecule has 0 N–H and O–H groups in total. The second-order valence-electron chi connectivity index (χ2n) is 6.72. The number of hydrogen-bond acceptors (Lipinski definition) is 4. The van der Waals surface area contributed by atoms with Crippen molar-refractivity contribution in [3.63, 3.8) is 0 Å². The third kappa shape index (κ3) is 4.82. The van der Waals surface area contributed by atoms with E-state index in [9.17, 15) is 18.4 Å². The highest BCUT2D eigenvalue weighted by Crippen LogP contribution is 2.30. The molecular weight excluding hydrogens is 382 g/mol. The van der Waals surface area contributed by atoms with Gasteiger partial charge >= 0.3 is 6.61 Å². The number of halogens is 2. The number of carbonyl (C=O) groups excluding carboxylic acids is 2. The van der Waals surface area contributed by atoms with Gasteiger partial charge in [0.2, 0.25) is 5.91 Å². The van der Waals surface area contributed by atoms with Gasteiger partial charge in [-0.3, -0.25) is 9.59 Å². The fourth-order valence-electron chi connectivity index (χ4n) is 3.27.